The molecule has 1 aliphatic heterocycles. The number of methoxy groups -OCH3 is 2. The van der Waals surface area contributed by atoms with E-state index in [-0.39, 0.29) is 6.54 Å². The number of amides is 2. The SMILES string of the molecule is COc1cc(CCOc2cc3c(cc2OC)CCN(C(=O)NCC(F)(F)F)C3c2ccc(C)cc2C)ccc1N. The Balaban J connectivity index is 1.67. The third kappa shape index (κ3) is 6.55. The summed E-state index contributed by atoms with van der Waals surface area (Å²) in [7, 11) is 3.11. The number of carbonyl (C=O) groups excluding carboxylic acids is 1. The van der Waals surface area contributed by atoms with E-state index in [9.17, 15) is 18.0 Å². The maximum absolute atomic E-state index is 13.1. The number of aryl methyl sites for hydroxylation is 2. The van der Waals surface area contributed by atoms with E-state index in [2.05, 4.69) is 0 Å². The lowest BCUT2D eigenvalue weighted by molar-refractivity contribution is -0.123. The molecule has 0 saturated carbocycles. The van der Waals surface area contributed by atoms with Crippen molar-refractivity contribution < 1.29 is 32.2 Å². The molecule has 3 aromatic rings. The Morgan fingerprint density at radius 1 is 1.00 bits per heavy atom. The Kier molecular flexibility index (Phi) is 8.66. The Bertz CT molecular complexity index is 1380. The van der Waals surface area contributed by atoms with Gasteiger partial charge in [0.2, 0.25) is 0 Å². The minimum absolute atomic E-state index is 0.247. The van der Waals surface area contributed by atoms with Crippen molar-refractivity contribution in [2.24, 2.45) is 0 Å². The lowest BCUT2D eigenvalue weighted by Gasteiger charge is -2.39. The number of alkyl halides is 3. The number of halogens is 3. The number of nitrogen functional groups attached to an aromatic ring is 1. The minimum Gasteiger partial charge on any atom is -0.495 e. The summed E-state index contributed by atoms with van der Waals surface area (Å²) in [4.78, 5) is 14.5. The molecule has 3 aromatic carbocycles. The Morgan fingerprint density at radius 2 is 1.75 bits per heavy atom. The molecule has 0 radical (unpaired) electrons. The van der Waals surface area contributed by atoms with Crippen molar-refractivity contribution in [2.45, 2.75) is 38.9 Å². The lowest BCUT2D eigenvalue weighted by Crippen LogP contribution is -2.48. The van der Waals surface area contributed by atoms with Crippen LogP contribution in [0.1, 0.15) is 39.4 Å². The van der Waals surface area contributed by atoms with Crippen LogP contribution in [-0.4, -0.2) is 51.0 Å². The first-order valence-electron chi connectivity index (χ1n) is 12.9. The van der Waals surface area contributed by atoms with Crippen molar-refractivity contribution in [2.75, 3.05) is 39.6 Å². The van der Waals surface area contributed by atoms with E-state index in [0.29, 0.717) is 42.4 Å². The predicted molar refractivity (Wildman–Crippen MR) is 147 cm³/mol. The molecule has 1 atom stereocenters. The average molecular weight is 558 g/mol. The fourth-order valence-corrected chi connectivity index (χ4v) is 5.05. The quantitative estimate of drug-likeness (QED) is 0.345. The molecule has 214 valence electrons. The van der Waals surface area contributed by atoms with Gasteiger partial charge in [-0.05, 0) is 72.4 Å². The van der Waals surface area contributed by atoms with Crippen LogP contribution in [0.2, 0.25) is 0 Å². The number of anilines is 1. The van der Waals surface area contributed by atoms with Crippen LogP contribution in [-0.2, 0) is 12.8 Å². The van der Waals surface area contributed by atoms with Crippen molar-refractivity contribution >= 4 is 11.7 Å². The number of carbonyl (C=O) groups is 1. The largest absolute Gasteiger partial charge is 0.495 e. The molecule has 0 spiro atoms. The normalized spacial score (nSPS) is 14.9. The van der Waals surface area contributed by atoms with E-state index in [1.165, 1.54) is 4.90 Å². The number of urea groups is 1. The van der Waals surface area contributed by atoms with Gasteiger partial charge in [-0.25, -0.2) is 4.79 Å². The zero-order chi connectivity index (χ0) is 29.0. The summed E-state index contributed by atoms with van der Waals surface area (Å²) in [6.45, 7) is 3.07. The highest BCUT2D eigenvalue weighted by Gasteiger charge is 2.36. The van der Waals surface area contributed by atoms with Crippen molar-refractivity contribution in [3.8, 4) is 17.2 Å². The molecule has 0 fully saturated rings. The molecule has 0 aliphatic carbocycles. The Labute approximate surface area is 232 Å². The summed E-state index contributed by atoms with van der Waals surface area (Å²) >= 11 is 0. The van der Waals surface area contributed by atoms with E-state index < -0.39 is 24.8 Å². The number of benzene rings is 3. The number of ether oxygens (including phenoxy) is 3. The molecule has 1 unspecified atom stereocenters. The molecule has 2 amide bonds. The third-order valence-electron chi connectivity index (χ3n) is 7.02. The number of fused-ring (bicyclic) bond motifs is 1. The first kappa shape index (κ1) is 28.9. The highest BCUT2D eigenvalue weighted by Crippen LogP contribution is 2.42. The van der Waals surface area contributed by atoms with Gasteiger partial charge in [0, 0.05) is 13.0 Å². The lowest BCUT2D eigenvalue weighted by atomic mass is 9.85. The van der Waals surface area contributed by atoms with Gasteiger partial charge in [-0.1, -0.05) is 29.8 Å². The van der Waals surface area contributed by atoms with Gasteiger partial charge in [-0.2, -0.15) is 13.2 Å². The molecule has 40 heavy (non-hydrogen) atoms. The molecule has 1 heterocycles. The maximum atomic E-state index is 13.1. The standard InChI is InChI=1S/C30H34F3N3O4/c1-18-5-7-22(19(2)13-18)28-23-16-27(40-12-10-20-6-8-24(34)25(14-20)38-3)26(39-4)15-21(23)9-11-36(28)29(37)35-17-30(31,32)33/h5-8,13-16,28H,9-12,17,34H2,1-4H3,(H,35,37). The number of hydrogen-bond donors (Lipinski definition) is 2. The second-order valence-electron chi connectivity index (χ2n) is 9.86. The van der Waals surface area contributed by atoms with Crippen molar-refractivity contribution in [3.05, 3.63) is 81.9 Å². The van der Waals surface area contributed by atoms with Gasteiger partial charge in [0.1, 0.15) is 12.3 Å². The first-order valence-corrected chi connectivity index (χ1v) is 12.9. The fourth-order valence-electron chi connectivity index (χ4n) is 5.05. The number of hydrogen-bond acceptors (Lipinski definition) is 5. The molecule has 3 N–H and O–H groups in total. The molecular formula is C30H34F3N3O4. The highest BCUT2D eigenvalue weighted by atomic mass is 19.4. The monoisotopic (exact) mass is 557 g/mol. The zero-order valence-corrected chi connectivity index (χ0v) is 23.0. The van der Waals surface area contributed by atoms with Crippen molar-refractivity contribution in [1.29, 1.82) is 0 Å². The van der Waals surface area contributed by atoms with E-state index in [1.807, 2.05) is 61.6 Å². The van der Waals surface area contributed by atoms with E-state index in [0.717, 1.165) is 33.4 Å². The summed E-state index contributed by atoms with van der Waals surface area (Å²) < 4.78 is 55.8. The zero-order valence-electron chi connectivity index (χ0n) is 23.0. The predicted octanol–water partition coefficient (Wildman–Crippen LogP) is 5.74. The van der Waals surface area contributed by atoms with Crippen LogP contribution in [0.25, 0.3) is 0 Å². The van der Waals surface area contributed by atoms with Crippen LogP contribution in [0.5, 0.6) is 17.2 Å². The topological polar surface area (TPSA) is 86.0 Å². The minimum atomic E-state index is -4.51. The molecule has 4 rings (SSSR count). The summed E-state index contributed by atoms with van der Waals surface area (Å²) in [6, 6.07) is 13.7. The number of nitrogens with zero attached hydrogens (tertiary/aromatic N) is 1. The summed E-state index contributed by atoms with van der Waals surface area (Å²) in [5.74, 6) is 1.61. The van der Waals surface area contributed by atoms with E-state index in [1.54, 1.807) is 20.3 Å². The Hall–Kier alpha value is -4.08. The first-order chi connectivity index (χ1) is 19.0. The van der Waals surface area contributed by atoms with Gasteiger partial charge >= 0.3 is 12.2 Å². The van der Waals surface area contributed by atoms with Crippen molar-refractivity contribution in [3.63, 3.8) is 0 Å². The average Bonchev–Trinajstić information content (AvgIpc) is 2.91. The molecule has 0 aromatic heterocycles. The van der Waals surface area contributed by atoms with Crippen LogP contribution >= 0.6 is 0 Å². The van der Waals surface area contributed by atoms with E-state index >= 15 is 0 Å². The number of nitrogens with one attached hydrogen (secondary N) is 1. The maximum Gasteiger partial charge on any atom is 0.405 e. The van der Waals surface area contributed by atoms with Crippen molar-refractivity contribution in [1.82, 2.24) is 10.2 Å². The summed E-state index contributed by atoms with van der Waals surface area (Å²) in [5, 5.41) is 2.04. The summed E-state index contributed by atoms with van der Waals surface area (Å²) in [6.07, 6.45) is -3.48. The van der Waals surface area contributed by atoms with Gasteiger partial charge in [-0.3, -0.25) is 0 Å². The molecule has 1 aliphatic rings. The third-order valence-corrected chi connectivity index (χ3v) is 7.02. The molecule has 10 heteroatoms. The van der Waals surface area contributed by atoms with Crippen LogP contribution in [0.15, 0.2) is 48.5 Å². The summed E-state index contributed by atoms with van der Waals surface area (Å²) in [5.41, 5.74) is 12.0. The van der Waals surface area contributed by atoms with Crippen LogP contribution in [0.4, 0.5) is 23.7 Å². The molecular weight excluding hydrogens is 523 g/mol. The van der Waals surface area contributed by atoms with Gasteiger partial charge in [0.05, 0.1) is 32.6 Å². The molecule has 0 saturated heterocycles. The van der Waals surface area contributed by atoms with Gasteiger partial charge in [0.25, 0.3) is 0 Å². The highest BCUT2D eigenvalue weighted by molar-refractivity contribution is 5.76. The molecule has 0 bridgehead atoms. The van der Waals surface area contributed by atoms with Crippen LogP contribution in [0, 0.1) is 13.8 Å². The number of nitrogens with two attached hydrogens (primary N) is 1. The number of rotatable bonds is 8. The van der Waals surface area contributed by atoms with Gasteiger partial charge < -0.3 is 30.2 Å². The second-order valence-corrected chi connectivity index (χ2v) is 9.86. The van der Waals surface area contributed by atoms with E-state index in [4.69, 9.17) is 19.9 Å². The smallest absolute Gasteiger partial charge is 0.405 e. The fraction of sp³-hybridized carbons (Fsp3) is 0.367. The van der Waals surface area contributed by atoms with Gasteiger partial charge in [-0.15, -0.1) is 0 Å². The molecule has 7 nitrogen and oxygen atoms in total. The second kappa shape index (κ2) is 12.0. The van der Waals surface area contributed by atoms with Crippen LogP contribution in [0.3, 0.4) is 0 Å². The Morgan fingerprint density at radius 3 is 2.42 bits per heavy atom. The van der Waals surface area contributed by atoms with Gasteiger partial charge in [0.15, 0.2) is 11.5 Å². The van der Waals surface area contributed by atoms with Crippen LogP contribution < -0.4 is 25.3 Å².